The lowest BCUT2D eigenvalue weighted by atomic mass is 9.84. The summed E-state index contributed by atoms with van der Waals surface area (Å²) in [6, 6.07) is -0.527. The van der Waals surface area contributed by atoms with Gasteiger partial charge in [-0.15, -0.1) is 10.2 Å². The van der Waals surface area contributed by atoms with Gasteiger partial charge in [-0.2, -0.15) is 0 Å². The third-order valence-corrected chi connectivity index (χ3v) is 3.39. The molecule has 5 heteroatoms. The van der Waals surface area contributed by atoms with E-state index in [1.807, 2.05) is 13.8 Å². The molecule has 0 amide bonds. The second kappa shape index (κ2) is 4.85. The van der Waals surface area contributed by atoms with Gasteiger partial charge in [0.15, 0.2) is 0 Å². The third kappa shape index (κ3) is 2.48. The van der Waals surface area contributed by atoms with Crippen LogP contribution < -0.4 is 0 Å². The Labute approximate surface area is 101 Å². The monoisotopic (exact) mass is 237 g/mol. The van der Waals surface area contributed by atoms with E-state index in [4.69, 9.17) is 0 Å². The Balaban J connectivity index is 2.22. The standard InChI is InChI=1S/C12H19N3O2/c1-8(2)6-10(12(16)17)15-7-13-14-11(15)9-4-3-5-9/h7-10H,3-6H2,1-2H3,(H,16,17). The van der Waals surface area contributed by atoms with Crippen LogP contribution in [0.5, 0.6) is 0 Å². The molecule has 0 radical (unpaired) electrons. The van der Waals surface area contributed by atoms with Crippen LogP contribution in [0.2, 0.25) is 0 Å². The molecule has 5 nitrogen and oxygen atoms in total. The number of carboxylic acids is 1. The van der Waals surface area contributed by atoms with Crippen LogP contribution >= 0.6 is 0 Å². The van der Waals surface area contributed by atoms with Crippen molar-refractivity contribution in [3.05, 3.63) is 12.2 Å². The molecule has 1 aliphatic carbocycles. The molecule has 0 aliphatic heterocycles. The van der Waals surface area contributed by atoms with Gasteiger partial charge in [0.25, 0.3) is 0 Å². The number of carbonyl (C=O) groups is 1. The lowest BCUT2D eigenvalue weighted by Gasteiger charge is -2.27. The zero-order valence-corrected chi connectivity index (χ0v) is 10.3. The average Bonchev–Trinajstić information content (AvgIpc) is 2.59. The summed E-state index contributed by atoms with van der Waals surface area (Å²) < 4.78 is 1.76. The first-order valence-electron chi connectivity index (χ1n) is 6.21. The largest absolute Gasteiger partial charge is 0.480 e. The fourth-order valence-corrected chi connectivity index (χ4v) is 2.23. The third-order valence-electron chi connectivity index (χ3n) is 3.39. The van der Waals surface area contributed by atoms with E-state index < -0.39 is 12.0 Å². The van der Waals surface area contributed by atoms with Crippen molar-refractivity contribution in [3.63, 3.8) is 0 Å². The second-order valence-corrected chi connectivity index (χ2v) is 5.21. The lowest BCUT2D eigenvalue weighted by Crippen LogP contribution is -2.25. The summed E-state index contributed by atoms with van der Waals surface area (Å²) in [5, 5.41) is 17.3. The first kappa shape index (κ1) is 12.1. The van der Waals surface area contributed by atoms with E-state index in [0.717, 1.165) is 18.7 Å². The van der Waals surface area contributed by atoms with E-state index in [-0.39, 0.29) is 0 Å². The van der Waals surface area contributed by atoms with Crippen molar-refractivity contribution in [3.8, 4) is 0 Å². The van der Waals surface area contributed by atoms with Gasteiger partial charge in [-0.05, 0) is 25.2 Å². The summed E-state index contributed by atoms with van der Waals surface area (Å²) in [6.45, 7) is 4.06. The number of aliphatic carboxylic acids is 1. The topological polar surface area (TPSA) is 68.0 Å². The molecule has 1 N–H and O–H groups in total. The van der Waals surface area contributed by atoms with Crippen molar-refractivity contribution in [2.75, 3.05) is 0 Å². The van der Waals surface area contributed by atoms with Crippen LogP contribution in [0.1, 0.15) is 57.3 Å². The number of carboxylic acid groups (broad SMARTS) is 1. The van der Waals surface area contributed by atoms with E-state index in [9.17, 15) is 9.90 Å². The van der Waals surface area contributed by atoms with Gasteiger partial charge in [0.1, 0.15) is 18.2 Å². The van der Waals surface area contributed by atoms with Crippen molar-refractivity contribution < 1.29 is 9.90 Å². The molecule has 17 heavy (non-hydrogen) atoms. The summed E-state index contributed by atoms with van der Waals surface area (Å²) in [5.74, 6) is 0.808. The number of aromatic nitrogens is 3. The van der Waals surface area contributed by atoms with Gasteiger partial charge in [0, 0.05) is 5.92 Å². The van der Waals surface area contributed by atoms with Crippen molar-refractivity contribution in [1.29, 1.82) is 0 Å². The summed E-state index contributed by atoms with van der Waals surface area (Å²) in [7, 11) is 0. The molecule has 1 fully saturated rings. The molecular weight excluding hydrogens is 218 g/mol. The number of hydrogen-bond donors (Lipinski definition) is 1. The molecule has 0 spiro atoms. The molecule has 0 bridgehead atoms. The number of hydrogen-bond acceptors (Lipinski definition) is 3. The molecule has 2 rings (SSSR count). The maximum absolute atomic E-state index is 11.3. The molecule has 1 saturated carbocycles. The van der Waals surface area contributed by atoms with Crippen LogP contribution in [0.25, 0.3) is 0 Å². The predicted molar refractivity (Wildman–Crippen MR) is 62.7 cm³/mol. The van der Waals surface area contributed by atoms with Gasteiger partial charge in [-0.3, -0.25) is 0 Å². The van der Waals surface area contributed by atoms with Crippen molar-refractivity contribution in [2.24, 2.45) is 5.92 Å². The summed E-state index contributed by atoms with van der Waals surface area (Å²) >= 11 is 0. The van der Waals surface area contributed by atoms with Crippen LogP contribution in [0, 0.1) is 5.92 Å². The Morgan fingerprint density at radius 2 is 2.29 bits per heavy atom. The Hall–Kier alpha value is -1.39. The SMILES string of the molecule is CC(C)CC(C(=O)O)n1cnnc1C1CCC1. The van der Waals surface area contributed by atoms with E-state index in [1.54, 1.807) is 10.9 Å². The summed E-state index contributed by atoms with van der Waals surface area (Å²) in [5.41, 5.74) is 0. The molecule has 0 saturated heterocycles. The molecule has 1 aromatic heterocycles. The van der Waals surface area contributed by atoms with Gasteiger partial charge in [0.2, 0.25) is 0 Å². The molecule has 94 valence electrons. The zero-order chi connectivity index (χ0) is 12.4. The minimum absolute atomic E-state index is 0.341. The fraction of sp³-hybridized carbons (Fsp3) is 0.750. The highest BCUT2D eigenvalue weighted by Gasteiger charge is 2.30. The van der Waals surface area contributed by atoms with E-state index in [1.165, 1.54) is 6.42 Å². The highest BCUT2D eigenvalue weighted by Crippen LogP contribution is 2.36. The van der Waals surface area contributed by atoms with Crippen molar-refractivity contribution in [2.45, 2.75) is 51.5 Å². The average molecular weight is 237 g/mol. The first-order chi connectivity index (χ1) is 8.09. The number of rotatable bonds is 5. The minimum Gasteiger partial charge on any atom is -0.480 e. The Kier molecular flexibility index (Phi) is 3.45. The summed E-state index contributed by atoms with van der Waals surface area (Å²) in [4.78, 5) is 11.3. The lowest BCUT2D eigenvalue weighted by molar-refractivity contribution is -0.141. The van der Waals surface area contributed by atoms with Gasteiger partial charge in [-0.1, -0.05) is 20.3 Å². The maximum atomic E-state index is 11.3. The molecule has 1 unspecified atom stereocenters. The van der Waals surface area contributed by atoms with E-state index in [2.05, 4.69) is 10.2 Å². The summed E-state index contributed by atoms with van der Waals surface area (Å²) in [6.07, 6.45) is 5.60. The zero-order valence-electron chi connectivity index (χ0n) is 10.3. The van der Waals surface area contributed by atoms with Crippen molar-refractivity contribution in [1.82, 2.24) is 14.8 Å². The van der Waals surface area contributed by atoms with Gasteiger partial charge < -0.3 is 9.67 Å². The highest BCUT2D eigenvalue weighted by atomic mass is 16.4. The molecule has 1 aliphatic rings. The Bertz CT molecular complexity index is 396. The maximum Gasteiger partial charge on any atom is 0.326 e. The first-order valence-corrected chi connectivity index (χ1v) is 6.21. The van der Waals surface area contributed by atoms with E-state index >= 15 is 0 Å². The van der Waals surface area contributed by atoms with Crippen LogP contribution in [0.3, 0.4) is 0 Å². The minimum atomic E-state index is -0.793. The molecule has 0 aromatic carbocycles. The predicted octanol–water partition coefficient (Wildman–Crippen LogP) is 2.22. The smallest absolute Gasteiger partial charge is 0.326 e. The molecule has 1 atom stereocenters. The van der Waals surface area contributed by atoms with Gasteiger partial charge in [-0.25, -0.2) is 4.79 Å². The van der Waals surface area contributed by atoms with E-state index in [0.29, 0.717) is 18.3 Å². The van der Waals surface area contributed by atoms with Crippen LogP contribution in [-0.4, -0.2) is 25.8 Å². The Morgan fingerprint density at radius 3 is 2.76 bits per heavy atom. The van der Waals surface area contributed by atoms with Gasteiger partial charge >= 0.3 is 5.97 Å². The van der Waals surface area contributed by atoms with Gasteiger partial charge in [0.05, 0.1) is 0 Å². The quantitative estimate of drug-likeness (QED) is 0.852. The molecule has 1 heterocycles. The number of nitrogens with zero attached hydrogens (tertiary/aromatic N) is 3. The molecule has 1 aromatic rings. The second-order valence-electron chi connectivity index (χ2n) is 5.21. The Morgan fingerprint density at radius 1 is 1.59 bits per heavy atom. The highest BCUT2D eigenvalue weighted by molar-refractivity contribution is 5.71. The van der Waals surface area contributed by atoms with Crippen LogP contribution in [0.4, 0.5) is 0 Å². The van der Waals surface area contributed by atoms with Crippen LogP contribution in [-0.2, 0) is 4.79 Å². The normalized spacial score (nSPS) is 18.1. The molecular formula is C12H19N3O2. The van der Waals surface area contributed by atoms with Crippen molar-refractivity contribution >= 4 is 5.97 Å². The fourth-order valence-electron chi connectivity index (χ4n) is 2.23. The van der Waals surface area contributed by atoms with Crippen LogP contribution in [0.15, 0.2) is 6.33 Å².